The topological polar surface area (TPSA) is 113 Å². The van der Waals surface area contributed by atoms with Crippen LogP contribution in [-0.4, -0.2) is 55.8 Å². The third kappa shape index (κ3) is 4.82. The number of nitrogens with zero attached hydrogens (tertiary/aromatic N) is 6. The van der Waals surface area contributed by atoms with Gasteiger partial charge >= 0.3 is 5.97 Å². The molecular weight excluding hydrogens is 427 g/mol. The van der Waals surface area contributed by atoms with Crippen LogP contribution in [0.25, 0.3) is 17.2 Å². The van der Waals surface area contributed by atoms with Gasteiger partial charge in [0, 0.05) is 25.5 Å². The van der Waals surface area contributed by atoms with Crippen LogP contribution in [0.5, 0.6) is 0 Å². The van der Waals surface area contributed by atoms with E-state index in [-0.39, 0.29) is 30.4 Å². The monoisotopic (exact) mass is 450 g/mol. The lowest BCUT2D eigenvalue weighted by Gasteiger charge is -2.32. The SMILES string of the molecule is CCOC(=O)c1cnc(-c2cnc3ccc(F)cn23)nc1C[C@@H]1CCCN(C(=O)CC#N)C1. The van der Waals surface area contributed by atoms with Crippen LogP contribution in [0, 0.1) is 23.1 Å². The molecule has 0 N–H and O–H groups in total. The molecule has 1 saturated heterocycles. The van der Waals surface area contributed by atoms with Gasteiger partial charge in [-0.2, -0.15) is 5.26 Å². The fourth-order valence-electron chi connectivity index (χ4n) is 4.11. The molecule has 4 rings (SSSR count). The lowest BCUT2D eigenvalue weighted by atomic mass is 9.91. The number of esters is 1. The fraction of sp³-hybridized carbons (Fsp3) is 0.391. The average molecular weight is 450 g/mol. The molecule has 0 aliphatic carbocycles. The standard InChI is InChI=1S/C23H23FN6O3/c1-2-33-23(32)17-11-27-22(19-12-26-20-6-5-16(24)14-30(19)20)28-18(17)10-15-4-3-9-29(13-15)21(31)7-8-25/h5-6,11-12,14-15H,2-4,7,9-10,13H2,1H3/t15-/m0/s1. The number of amides is 1. The maximum Gasteiger partial charge on any atom is 0.341 e. The summed E-state index contributed by atoms with van der Waals surface area (Å²) in [7, 11) is 0. The fourth-order valence-corrected chi connectivity index (χ4v) is 4.11. The zero-order chi connectivity index (χ0) is 23.4. The summed E-state index contributed by atoms with van der Waals surface area (Å²) in [6.45, 7) is 3.04. The van der Waals surface area contributed by atoms with Crippen molar-refractivity contribution in [2.24, 2.45) is 5.92 Å². The molecule has 1 amide bonds. The van der Waals surface area contributed by atoms with Crippen molar-refractivity contribution < 1.29 is 18.7 Å². The Labute approximate surface area is 189 Å². The first-order valence-electron chi connectivity index (χ1n) is 10.8. The van der Waals surface area contributed by atoms with Gasteiger partial charge in [-0.25, -0.2) is 24.1 Å². The van der Waals surface area contributed by atoms with Gasteiger partial charge in [-0.1, -0.05) is 0 Å². The molecule has 9 nitrogen and oxygen atoms in total. The van der Waals surface area contributed by atoms with Crippen molar-refractivity contribution in [3.8, 4) is 17.6 Å². The molecule has 1 aliphatic heterocycles. The Hall–Kier alpha value is -3.87. The zero-order valence-electron chi connectivity index (χ0n) is 18.2. The van der Waals surface area contributed by atoms with Gasteiger partial charge in [0.15, 0.2) is 5.82 Å². The average Bonchev–Trinajstić information content (AvgIpc) is 3.22. The number of carbonyl (C=O) groups excluding carboxylic acids is 2. The second kappa shape index (κ2) is 9.73. The Morgan fingerprint density at radius 2 is 2.15 bits per heavy atom. The van der Waals surface area contributed by atoms with Gasteiger partial charge in [-0.05, 0) is 44.2 Å². The molecule has 1 atom stereocenters. The van der Waals surface area contributed by atoms with E-state index in [1.807, 2.05) is 6.07 Å². The van der Waals surface area contributed by atoms with Gasteiger partial charge in [-0.3, -0.25) is 9.20 Å². The second-order valence-electron chi connectivity index (χ2n) is 7.88. The minimum absolute atomic E-state index is 0.0666. The third-order valence-electron chi connectivity index (χ3n) is 5.65. The van der Waals surface area contributed by atoms with E-state index in [1.54, 1.807) is 28.5 Å². The lowest BCUT2D eigenvalue weighted by molar-refractivity contribution is -0.131. The molecule has 3 aromatic rings. The predicted molar refractivity (Wildman–Crippen MR) is 115 cm³/mol. The molecule has 1 fully saturated rings. The number of likely N-dealkylation sites (tertiary alicyclic amines) is 1. The van der Waals surface area contributed by atoms with Crippen LogP contribution in [0.3, 0.4) is 0 Å². The number of hydrogen-bond acceptors (Lipinski definition) is 7. The minimum atomic E-state index is -0.517. The normalized spacial score (nSPS) is 15.9. The number of ether oxygens (including phenoxy) is 1. The van der Waals surface area contributed by atoms with Crippen molar-refractivity contribution in [2.75, 3.05) is 19.7 Å². The van der Waals surface area contributed by atoms with Gasteiger partial charge < -0.3 is 9.64 Å². The molecule has 1 aliphatic rings. The Balaban J connectivity index is 1.67. The first-order valence-corrected chi connectivity index (χ1v) is 10.8. The van der Waals surface area contributed by atoms with Crippen LogP contribution in [-0.2, 0) is 16.0 Å². The Kier molecular flexibility index (Phi) is 6.58. The number of halogens is 1. The number of piperidine rings is 1. The molecule has 3 aromatic heterocycles. The summed E-state index contributed by atoms with van der Waals surface area (Å²) in [6.07, 6.45) is 6.24. The van der Waals surface area contributed by atoms with Gasteiger partial charge in [0.05, 0.1) is 30.1 Å². The summed E-state index contributed by atoms with van der Waals surface area (Å²) in [5, 5.41) is 8.83. The summed E-state index contributed by atoms with van der Waals surface area (Å²) >= 11 is 0. The van der Waals surface area contributed by atoms with Crippen molar-refractivity contribution in [1.29, 1.82) is 5.26 Å². The molecule has 0 spiro atoms. The van der Waals surface area contributed by atoms with Crippen molar-refractivity contribution in [3.63, 3.8) is 0 Å². The predicted octanol–water partition coefficient (Wildman–Crippen LogP) is 2.80. The zero-order valence-corrected chi connectivity index (χ0v) is 18.2. The van der Waals surface area contributed by atoms with Crippen LogP contribution in [0.4, 0.5) is 4.39 Å². The number of carbonyl (C=O) groups is 2. The molecule has 0 bridgehead atoms. The van der Waals surface area contributed by atoms with Gasteiger partial charge in [0.1, 0.15) is 23.6 Å². The Bertz CT molecular complexity index is 1230. The number of rotatable bonds is 6. The largest absolute Gasteiger partial charge is 0.462 e. The Morgan fingerprint density at radius 3 is 2.94 bits per heavy atom. The molecule has 0 unspecified atom stereocenters. The molecular formula is C23H23FN6O3. The number of hydrogen-bond donors (Lipinski definition) is 0. The smallest absolute Gasteiger partial charge is 0.341 e. The van der Waals surface area contributed by atoms with E-state index in [4.69, 9.17) is 10.00 Å². The van der Waals surface area contributed by atoms with Crippen LogP contribution >= 0.6 is 0 Å². The number of fused-ring (bicyclic) bond motifs is 1. The summed E-state index contributed by atoms with van der Waals surface area (Å²) in [4.78, 5) is 39.7. The quantitative estimate of drug-likeness (QED) is 0.531. The highest BCUT2D eigenvalue weighted by Crippen LogP contribution is 2.25. The first-order chi connectivity index (χ1) is 16.0. The number of nitriles is 1. The molecule has 10 heteroatoms. The van der Waals surface area contributed by atoms with E-state index < -0.39 is 11.8 Å². The van der Waals surface area contributed by atoms with E-state index in [0.29, 0.717) is 42.4 Å². The number of imidazole rings is 1. The molecule has 0 saturated carbocycles. The van der Waals surface area contributed by atoms with Crippen LogP contribution in [0.1, 0.15) is 42.2 Å². The van der Waals surface area contributed by atoms with Gasteiger partial charge in [0.2, 0.25) is 5.91 Å². The van der Waals surface area contributed by atoms with E-state index in [1.165, 1.54) is 18.5 Å². The molecule has 170 valence electrons. The molecule has 0 radical (unpaired) electrons. The highest BCUT2D eigenvalue weighted by molar-refractivity contribution is 5.90. The van der Waals surface area contributed by atoms with Crippen molar-refractivity contribution in [3.05, 3.63) is 47.8 Å². The minimum Gasteiger partial charge on any atom is -0.462 e. The third-order valence-corrected chi connectivity index (χ3v) is 5.65. The number of aromatic nitrogens is 4. The molecule has 0 aromatic carbocycles. The summed E-state index contributed by atoms with van der Waals surface area (Å²) < 4.78 is 20.5. The summed E-state index contributed by atoms with van der Waals surface area (Å²) in [5.41, 5.74) is 1.81. The van der Waals surface area contributed by atoms with Crippen molar-refractivity contribution in [2.45, 2.75) is 32.6 Å². The Morgan fingerprint density at radius 1 is 1.30 bits per heavy atom. The molecule has 33 heavy (non-hydrogen) atoms. The van der Waals surface area contributed by atoms with E-state index in [0.717, 1.165) is 12.8 Å². The molecule has 4 heterocycles. The summed E-state index contributed by atoms with van der Waals surface area (Å²) in [6, 6.07) is 4.78. The maximum atomic E-state index is 13.8. The lowest BCUT2D eigenvalue weighted by Crippen LogP contribution is -2.40. The highest BCUT2D eigenvalue weighted by Gasteiger charge is 2.27. The second-order valence-corrected chi connectivity index (χ2v) is 7.88. The van der Waals surface area contributed by atoms with Gasteiger partial charge in [0.25, 0.3) is 0 Å². The van der Waals surface area contributed by atoms with Crippen molar-refractivity contribution in [1.82, 2.24) is 24.3 Å². The number of pyridine rings is 1. The van der Waals surface area contributed by atoms with Crippen LogP contribution in [0.15, 0.2) is 30.7 Å². The van der Waals surface area contributed by atoms with Crippen molar-refractivity contribution >= 4 is 17.5 Å². The first kappa shape index (κ1) is 22.3. The van der Waals surface area contributed by atoms with Gasteiger partial charge in [-0.15, -0.1) is 0 Å². The van der Waals surface area contributed by atoms with E-state index in [9.17, 15) is 14.0 Å². The summed E-state index contributed by atoms with van der Waals surface area (Å²) in [5.74, 6) is -0.754. The maximum absolute atomic E-state index is 13.8. The van der Waals surface area contributed by atoms with Crippen LogP contribution < -0.4 is 0 Å². The van der Waals surface area contributed by atoms with E-state index in [2.05, 4.69) is 15.0 Å². The highest BCUT2D eigenvalue weighted by atomic mass is 19.1. The van der Waals surface area contributed by atoms with E-state index >= 15 is 0 Å². The van der Waals surface area contributed by atoms with Crippen LogP contribution in [0.2, 0.25) is 0 Å².